The monoisotopic (exact) mass is 200 g/mol. The number of carbonyl (C=O) groups is 1. The molecular weight excluding hydrogens is 188 g/mol. The van der Waals surface area contributed by atoms with Crippen LogP contribution in [0.2, 0.25) is 0 Å². The summed E-state index contributed by atoms with van der Waals surface area (Å²) in [4.78, 5) is 15.2. The van der Waals surface area contributed by atoms with E-state index in [2.05, 4.69) is 4.99 Å². The lowest BCUT2D eigenvalue weighted by Gasteiger charge is -2.35. The van der Waals surface area contributed by atoms with E-state index in [9.17, 15) is 4.79 Å². The number of thioether (sulfide) groups is 1. The second-order valence-corrected chi connectivity index (χ2v) is 4.81. The van der Waals surface area contributed by atoms with Crippen molar-refractivity contribution in [3.8, 4) is 0 Å². The van der Waals surface area contributed by atoms with Gasteiger partial charge in [-0.05, 0) is 25.5 Å². The summed E-state index contributed by atoms with van der Waals surface area (Å²) in [6, 6.07) is 0.0272. The average molecular weight is 200 g/mol. The molecule has 0 aromatic rings. The van der Waals surface area contributed by atoms with Gasteiger partial charge in [0, 0.05) is 0 Å². The fourth-order valence-corrected chi connectivity index (χ4v) is 3.00. The van der Waals surface area contributed by atoms with Gasteiger partial charge in [0.1, 0.15) is 0 Å². The Kier molecular flexibility index (Phi) is 1.98. The predicted molar refractivity (Wildman–Crippen MR) is 51.6 cm³/mol. The quantitative estimate of drug-likeness (QED) is 0.619. The van der Waals surface area contributed by atoms with E-state index >= 15 is 0 Å². The number of nitrogens with two attached hydrogens (primary N) is 1. The van der Waals surface area contributed by atoms with Crippen LogP contribution in [0.25, 0.3) is 0 Å². The summed E-state index contributed by atoms with van der Waals surface area (Å²) in [6.07, 6.45) is 1.73. The van der Waals surface area contributed by atoms with Crippen LogP contribution in [0, 0.1) is 0 Å². The van der Waals surface area contributed by atoms with Crippen LogP contribution in [0.5, 0.6) is 0 Å². The molecule has 2 aliphatic heterocycles. The number of nitrogens with zero attached hydrogens (tertiary/aromatic N) is 1. The van der Waals surface area contributed by atoms with E-state index in [0.717, 1.165) is 18.6 Å². The third-order valence-electron chi connectivity index (χ3n) is 2.58. The Bertz CT molecular complexity index is 279. The van der Waals surface area contributed by atoms with Crippen LogP contribution in [0.15, 0.2) is 4.99 Å². The molecule has 0 bridgehead atoms. The van der Waals surface area contributed by atoms with Gasteiger partial charge >= 0.3 is 0 Å². The number of ether oxygens (including phenoxy) is 1. The second kappa shape index (κ2) is 2.90. The van der Waals surface area contributed by atoms with Crippen LogP contribution in [0.3, 0.4) is 0 Å². The number of amidine groups is 1. The van der Waals surface area contributed by atoms with Crippen LogP contribution in [0.1, 0.15) is 19.8 Å². The molecule has 2 rings (SSSR count). The Hall–Kier alpha value is -0.710. The van der Waals surface area contributed by atoms with Gasteiger partial charge in [-0.3, -0.25) is 4.79 Å². The molecule has 72 valence electrons. The van der Waals surface area contributed by atoms with Crippen LogP contribution < -0.4 is 5.73 Å². The van der Waals surface area contributed by atoms with Crippen molar-refractivity contribution in [1.29, 1.82) is 0 Å². The fourth-order valence-electron chi connectivity index (χ4n) is 1.80. The molecule has 1 saturated heterocycles. The third kappa shape index (κ3) is 1.22. The first-order valence-corrected chi connectivity index (χ1v) is 5.39. The number of rotatable bonds is 0. The zero-order valence-corrected chi connectivity index (χ0v) is 8.26. The molecule has 4 nitrogen and oxygen atoms in total. The maximum absolute atomic E-state index is 11.6. The van der Waals surface area contributed by atoms with Crippen molar-refractivity contribution in [2.45, 2.75) is 30.6 Å². The fraction of sp³-hybridized carbons (Fsp3) is 0.750. The smallest absolute Gasteiger partial charge is 0.295 e. The topological polar surface area (TPSA) is 64.7 Å². The van der Waals surface area contributed by atoms with Crippen molar-refractivity contribution in [2.75, 3.05) is 5.75 Å². The van der Waals surface area contributed by atoms with Crippen molar-refractivity contribution >= 4 is 23.7 Å². The standard InChI is InChI=1S/C8H12N2O2S/c1-5-8(3-2-4-13-5)6(11)10-7(9)12-8/h5H,2-4H2,1H3,(H2,9,10,11). The molecule has 0 radical (unpaired) electrons. The molecule has 0 aliphatic carbocycles. The molecule has 2 N–H and O–H groups in total. The molecule has 2 atom stereocenters. The Morgan fingerprint density at radius 2 is 2.54 bits per heavy atom. The highest BCUT2D eigenvalue weighted by Gasteiger charge is 2.51. The summed E-state index contributed by atoms with van der Waals surface area (Å²) in [6.45, 7) is 2.00. The van der Waals surface area contributed by atoms with E-state index in [0.29, 0.717) is 0 Å². The molecule has 1 fully saturated rings. The van der Waals surface area contributed by atoms with Gasteiger partial charge in [-0.15, -0.1) is 0 Å². The van der Waals surface area contributed by atoms with E-state index in [1.165, 1.54) is 0 Å². The summed E-state index contributed by atoms with van der Waals surface area (Å²) in [7, 11) is 0. The van der Waals surface area contributed by atoms with Gasteiger partial charge in [0.2, 0.25) is 5.60 Å². The molecule has 1 spiro atoms. The summed E-state index contributed by atoms with van der Waals surface area (Å²) < 4.78 is 5.37. The first kappa shape index (κ1) is 8.87. The predicted octanol–water partition coefficient (Wildman–Crippen LogP) is 0.512. The molecule has 5 heteroatoms. The zero-order valence-electron chi connectivity index (χ0n) is 7.45. The Labute approximate surface area is 80.9 Å². The largest absolute Gasteiger partial charge is 0.447 e. The first-order valence-electron chi connectivity index (χ1n) is 4.34. The molecular formula is C8H12N2O2S. The molecule has 0 aromatic carbocycles. The highest BCUT2D eigenvalue weighted by atomic mass is 32.2. The average Bonchev–Trinajstić information content (AvgIpc) is 2.35. The van der Waals surface area contributed by atoms with Crippen LogP contribution in [-0.2, 0) is 9.53 Å². The van der Waals surface area contributed by atoms with Gasteiger partial charge in [-0.1, -0.05) is 0 Å². The van der Waals surface area contributed by atoms with Gasteiger partial charge in [0.15, 0.2) is 0 Å². The molecule has 2 heterocycles. The number of aliphatic imine (C=N–C) groups is 1. The van der Waals surface area contributed by atoms with Gasteiger partial charge in [0.25, 0.3) is 11.9 Å². The van der Waals surface area contributed by atoms with E-state index in [-0.39, 0.29) is 17.2 Å². The Balaban J connectivity index is 2.25. The normalized spacial score (nSPS) is 39.0. The van der Waals surface area contributed by atoms with E-state index in [4.69, 9.17) is 10.5 Å². The molecule has 1 amide bonds. The highest BCUT2D eigenvalue weighted by Crippen LogP contribution is 2.39. The van der Waals surface area contributed by atoms with Crippen molar-refractivity contribution in [3.05, 3.63) is 0 Å². The minimum Gasteiger partial charge on any atom is -0.447 e. The van der Waals surface area contributed by atoms with Crippen molar-refractivity contribution in [1.82, 2.24) is 0 Å². The Morgan fingerprint density at radius 3 is 3.08 bits per heavy atom. The van der Waals surface area contributed by atoms with E-state index in [1.54, 1.807) is 11.8 Å². The first-order chi connectivity index (χ1) is 6.15. The summed E-state index contributed by atoms with van der Waals surface area (Å²) in [5.41, 5.74) is 4.65. The summed E-state index contributed by atoms with van der Waals surface area (Å²) >= 11 is 1.75. The lowest BCUT2D eigenvalue weighted by molar-refractivity contribution is -0.131. The maximum atomic E-state index is 11.6. The highest BCUT2D eigenvalue weighted by molar-refractivity contribution is 8.00. The second-order valence-electron chi connectivity index (χ2n) is 3.36. The SMILES string of the molecule is CC1SCCCC12OC(N)=NC2=O. The molecule has 2 aliphatic rings. The number of amides is 1. The van der Waals surface area contributed by atoms with E-state index in [1.807, 2.05) is 6.92 Å². The zero-order chi connectivity index (χ0) is 9.47. The van der Waals surface area contributed by atoms with Gasteiger partial charge in [-0.25, -0.2) is 0 Å². The van der Waals surface area contributed by atoms with Crippen LogP contribution in [0.4, 0.5) is 0 Å². The van der Waals surface area contributed by atoms with Crippen molar-refractivity contribution < 1.29 is 9.53 Å². The number of carbonyl (C=O) groups excluding carboxylic acids is 1. The number of hydrogen-bond donors (Lipinski definition) is 1. The maximum Gasteiger partial charge on any atom is 0.295 e. The number of hydrogen-bond acceptors (Lipinski definition) is 4. The molecule has 2 unspecified atom stereocenters. The molecule has 0 saturated carbocycles. The van der Waals surface area contributed by atoms with Gasteiger partial charge in [0.05, 0.1) is 5.25 Å². The molecule has 0 aromatic heterocycles. The lowest BCUT2D eigenvalue weighted by Crippen LogP contribution is -2.48. The van der Waals surface area contributed by atoms with Crippen LogP contribution in [-0.4, -0.2) is 28.5 Å². The third-order valence-corrected chi connectivity index (χ3v) is 3.98. The van der Waals surface area contributed by atoms with Crippen LogP contribution >= 0.6 is 11.8 Å². The van der Waals surface area contributed by atoms with Crippen molar-refractivity contribution in [2.24, 2.45) is 10.7 Å². The lowest BCUT2D eigenvalue weighted by atomic mass is 9.93. The minimum atomic E-state index is -0.743. The molecule has 13 heavy (non-hydrogen) atoms. The Morgan fingerprint density at radius 1 is 1.77 bits per heavy atom. The summed E-state index contributed by atoms with van der Waals surface area (Å²) in [5, 5.41) is 0.151. The van der Waals surface area contributed by atoms with Gasteiger partial charge < -0.3 is 10.5 Å². The minimum absolute atomic E-state index is 0.0272. The van der Waals surface area contributed by atoms with Crippen molar-refractivity contribution in [3.63, 3.8) is 0 Å². The summed E-state index contributed by atoms with van der Waals surface area (Å²) in [5.74, 6) is 0.879. The van der Waals surface area contributed by atoms with E-state index < -0.39 is 5.60 Å². The van der Waals surface area contributed by atoms with Gasteiger partial charge in [-0.2, -0.15) is 16.8 Å².